The predicted molar refractivity (Wildman–Crippen MR) is 95.4 cm³/mol. The van der Waals surface area contributed by atoms with E-state index in [2.05, 4.69) is 26.1 Å². The van der Waals surface area contributed by atoms with E-state index in [0.29, 0.717) is 12.2 Å². The lowest BCUT2D eigenvalue weighted by atomic mass is 10.3. The number of pyridine rings is 1. The van der Waals surface area contributed by atoms with Crippen LogP contribution in [-0.4, -0.2) is 28.9 Å². The molecule has 0 saturated carbocycles. The molecule has 2 heterocycles. The second-order valence-electron chi connectivity index (χ2n) is 5.72. The van der Waals surface area contributed by atoms with E-state index in [1.54, 1.807) is 10.1 Å². The van der Waals surface area contributed by atoms with Crippen molar-refractivity contribution < 1.29 is 9.67 Å². The van der Waals surface area contributed by atoms with Crippen LogP contribution in [0.2, 0.25) is 0 Å². The maximum absolute atomic E-state index is 8.98. The Morgan fingerprint density at radius 2 is 1.73 bits per heavy atom. The summed E-state index contributed by atoms with van der Waals surface area (Å²) < 4.78 is 1.86. The number of benzene rings is 1. The van der Waals surface area contributed by atoms with Gasteiger partial charge in [0.15, 0.2) is 18.9 Å². The number of nitrogens with one attached hydrogen (secondary N) is 1. The number of hydrogen-bond donors (Lipinski definition) is 2. The molecule has 0 fully saturated rings. The summed E-state index contributed by atoms with van der Waals surface area (Å²) >= 11 is 0. The fourth-order valence-corrected chi connectivity index (χ4v) is 2.30. The maximum atomic E-state index is 8.98. The van der Waals surface area contributed by atoms with Crippen LogP contribution in [0, 0.1) is 0 Å². The Hall–Kier alpha value is -3.17. The third-order valence-corrected chi connectivity index (χ3v) is 3.55. The lowest BCUT2D eigenvalue weighted by Crippen LogP contribution is -2.34. The van der Waals surface area contributed by atoms with Gasteiger partial charge in [-0.3, -0.25) is 5.01 Å². The molecule has 0 spiro atoms. The predicted octanol–water partition coefficient (Wildman–Crippen LogP) is 2.91. The average molecular weight is 353 g/mol. The molecule has 1 aliphatic rings. The minimum atomic E-state index is 0.0832. The number of nitrogens with zero attached hydrogens (tertiary/aromatic N) is 7. The van der Waals surface area contributed by atoms with Crippen molar-refractivity contribution in [2.75, 3.05) is 13.7 Å². The first-order chi connectivity index (χ1) is 12.6. The van der Waals surface area contributed by atoms with Crippen LogP contribution < -0.4 is 10.1 Å². The molecule has 0 radical (unpaired) electrons. The number of aliphatic hydroxyl groups is 1. The molecule has 1 aromatic heterocycles. The van der Waals surface area contributed by atoms with Gasteiger partial charge in [-0.05, 0) is 42.5 Å². The lowest BCUT2D eigenvalue weighted by molar-refractivity contribution is -0.697. The zero-order valence-electron chi connectivity index (χ0n) is 14.7. The zero-order chi connectivity index (χ0) is 18.4. The molecule has 1 aliphatic heterocycles. The third kappa shape index (κ3) is 4.68. The highest BCUT2D eigenvalue weighted by molar-refractivity contribution is 5.47. The Labute approximate surface area is 151 Å². The summed E-state index contributed by atoms with van der Waals surface area (Å²) in [6.45, 7) is 2.55. The SMILES string of the molecule is CC1=CN(C)NN1N=Nc1ccc(N=Nc2ccc[n+](CCO)c2)cc1. The van der Waals surface area contributed by atoms with E-state index in [1.165, 1.54) is 0 Å². The van der Waals surface area contributed by atoms with Crippen molar-refractivity contribution in [1.82, 2.24) is 15.7 Å². The summed E-state index contributed by atoms with van der Waals surface area (Å²) in [5, 5.41) is 29.1. The molecule has 1 aromatic carbocycles. The third-order valence-electron chi connectivity index (χ3n) is 3.55. The molecule has 3 rings (SSSR count). The lowest BCUT2D eigenvalue weighted by Gasteiger charge is -2.14. The second kappa shape index (κ2) is 8.28. The summed E-state index contributed by atoms with van der Waals surface area (Å²) in [6, 6.07) is 11.0. The van der Waals surface area contributed by atoms with Gasteiger partial charge in [-0.15, -0.1) is 15.8 Å². The molecule has 0 bridgehead atoms. The van der Waals surface area contributed by atoms with E-state index in [1.807, 2.05) is 73.5 Å². The van der Waals surface area contributed by atoms with Gasteiger partial charge in [0.25, 0.3) is 0 Å². The normalized spacial score (nSPS) is 14.7. The van der Waals surface area contributed by atoms with Gasteiger partial charge in [0.1, 0.15) is 12.3 Å². The standard InChI is InChI=1S/C17H21N8O/c1-14-12-23(2)22-25(14)21-20-16-7-5-15(6-8-16)18-19-17-4-3-9-24(13-17)10-11-26/h3-9,12-13,22,26H,10-11H2,1-2H3/q+1. The van der Waals surface area contributed by atoms with Gasteiger partial charge >= 0.3 is 0 Å². The van der Waals surface area contributed by atoms with Gasteiger partial charge in [0, 0.05) is 19.3 Å². The molecule has 2 N–H and O–H groups in total. The smallest absolute Gasteiger partial charge is 0.196 e. The van der Waals surface area contributed by atoms with Crippen molar-refractivity contribution in [2.45, 2.75) is 13.5 Å². The van der Waals surface area contributed by atoms with Crippen LogP contribution in [0.25, 0.3) is 0 Å². The highest BCUT2D eigenvalue weighted by atomic mass is 16.3. The molecular weight excluding hydrogens is 332 g/mol. The summed E-state index contributed by atoms with van der Waals surface area (Å²) in [6.07, 6.45) is 5.62. The molecule has 9 nitrogen and oxygen atoms in total. The van der Waals surface area contributed by atoms with Crippen LogP contribution >= 0.6 is 0 Å². The number of aliphatic hydroxyl groups excluding tert-OH is 1. The minimum Gasteiger partial charge on any atom is -0.390 e. The average Bonchev–Trinajstić information content (AvgIpc) is 2.97. The number of rotatable bonds is 6. The molecule has 0 aliphatic carbocycles. The minimum absolute atomic E-state index is 0.0832. The van der Waals surface area contributed by atoms with Crippen LogP contribution in [0.5, 0.6) is 0 Å². The van der Waals surface area contributed by atoms with Gasteiger partial charge in [-0.1, -0.05) is 0 Å². The largest absolute Gasteiger partial charge is 0.390 e. The van der Waals surface area contributed by atoms with Crippen LogP contribution in [0.4, 0.5) is 17.1 Å². The van der Waals surface area contributed by atoms with Gasteiger partial charge in [0.05, 0.1) is 17.1 Å². The number of allylic oxidation sites excluding steroid dienone is 1. The zero-order valence-corrected chi connectivity index (χ0v) is 14.7. The molecule has 0 amide bonds. The highest BCUT2D eigenvalue weighted by Crippen LogP contribution is 2.22. The first-order valence-corrected chi connectivity index (χ1v) is 8.15. The molecule has 9 heteroatoms. The van der Waals surface area contributed by atoms with Crippen molar-refractivity contribution >= 4 is 17.1 Å². The fraction of sp³-hybridized carbons (Fsp3) is 0.235. The van der Waals surface area contributed by atoms with Crippen LogP contribution in [0.3, 0.4) is 0 Å². The molecule has 134 valence electrons. The molecule has 0 unspecified atom stereocenters. The highest BCUT2D eigenvalue weighted by Gasteiger charge is 2.13. The fourth-order valence-electron chi connectivity index (χ4n) is 2.30. The Bertz CT molecular complexity index is 831. The summed E-state index contributed by atoms with van der Waals surface area (Å²) in [5.74, 6) is 0. The first kappa shape index (κ1) is 17.6. The van der Waals surface area contributed by atoms with Gasteiger partial charge in [0.2, 0.25) is 0 Å². The van der Waals surface area contributed by atoms with Gasteiger partial charge < -0.3 is 5.11 Å². The van der Waals surface area contributed by atoms with Crippen LogP contribution in [0.1, 0.15) is 6.92 Å². The Balaban J connectivity index is 1.62. The van der Waals surface area contributed by atoms with E-state index in [9.17, 15) is 0 Å². The topological polar surface area (TPSA) is 92.1 Å². The molecule has 26 heavy (non-hydrogen) atoms. The summed E-state index contributed by atoms with van der Waals surface area (Å²) in [4.78, 5) is 0. The number of hydrogen-bond acceptors (Lipinski definition) is 7. The summed E-state index contributed by atoms with van der Waals surface area (Å²) in [7, 11) is 1.89. The number of azo groups is 1. The van der Waals surface area contributed by atoms with E-state index < -0.39 is 0 Å². The summed E-state index contributed by atoms with van der Waals surface area (Å²) in [5.41, 5.74) is 6.10. The van der Waals surface area contributed by atoms with Crippen molar-refractivity contribution in [3.05, 3.63) is 60.7 Å². The monoisotopic (exact) mass is 353 g/mol. The van der Waals surface area contributed by atoms with Crippen LogP contribution in [-0.2, 0) is 6.54 Å². The van der Waals surface area contributed by atoms with Crippen molar-refractivity contribution in [3.8, 4) is 0 Å². The van der Waals surface area contributed by atoms with E-state index >= 15 is 0 Å². The Kier molecular flexibility index (Phi) is 5.62. The molecule has 0 atom stereocenters. The van der Waals surface area contributed by atoms with E-state index in [0.717, 1.165) is 17.1 Å². The maximum Gasteiger partial charge on any atom is 0.196 e. The molecule has 0 saturated heterocycles. The number of aromatic nitrogens is 1. The van der Waals surface area contributed by atoms with Crippen molar-refractivity contribution in [2.24, 2.45) is 20.6 Å². The Morgan fingerprint density at radius 1 is 1.04 bits per heavy atom. The second-order valence-corrected chi connectivity index (χ2v) is 5.72. The van der Waals surface area contributed by atoms with Crippen LogP contribution in [0.15, 0.2) is 81.3 Å². The molecule has 2 aromatic rings. The van der Waals surface area contributed by atoms with Gasteiger partial charge in [-0.2, -0.15) is 10.2 Å². The van der Waals surface area contributed by atoms with Gasteiger partial charge in [-0.25, -0.2) is 4.57 Å². The van der Waals surface area contributed by atoms with Crippen molar-refractivity contribution in [3.63, 3.8) is 0 Å². The quantitative estimate of drug-likeness (QED) is 0.617. The van der Waals surface area contributed by atoms with Crippen molar-refractivity contribution in [1.29, 1.82) is 0 Å². The van der Waals surface area contributed by atoms with E-state index in [4.69, 9.17) is 5.11 Å². The molecular formula is C17H21N8O+. The van der Waals surface area contributed by atoms with E-state index in [-0.39, 0.29) is 6.61 Å². The number of hydrazine groups is 2. The Morgan fingerprint density at radius 3 is 2.38 bits per heavy atom. The first-order valence-electron chi connectivity index (χ1n) is 8.15.